The number of rotatable bonds is 10. The number of benzene rings is 3. The van der Waals surface area contributed by atoms with Gasteiger partial charge in [0.25, 0.3) is 15.9 Å². The highest BCUT2D eigenvalue weighted by Crippen LogP contribution is 2.26. The maximum atomic E-state index is 13.5. The van der Waals surface area contributed by atoms with Crippen LogP contribution in [0.2, 0.25) is 0 Å². The molecular formula is C26H27N3O6S. The Balaban J connectivity index is 1.75. The first-order chi connectivity index (χ1) is 17.2. The van der Waals surface area contributed by atoms with Crippen molar-refractivity contribution in [1.29, 1.82) is 0 Å². The van der Waals surface area contributed by atoms with Gasteiger partial charge in [0.15, 0.2) is 6.61 Å². The summed E-state index contributed by atoms with van der Waals surface area (Å²) < 4.78 is 37.8. The van der Waals surface area contributed by atoms with Crippen LogP contribution < -0.4 is 14.5 Å². The molecule has 3 aromatic carbocycles. The Morgan fingerprint density at radius 2 is 1.72 bits per heavy atom. The number of hydrogen-bond donors (Lipinski definition) is 1. The molecule has 0 aliphatic carbocycles. The molecule has 0 bridgehead atoms. The van der Waals surface area contributed by atoms with Gasteiger partial charge in [-0.05, 0) is 55.3 Å². The Labute approximate surface area is 210 Å². The Kier molecular flexibility index (Phi) is 8.80. The second-order valence-electron chi connectivity index (χ2n) is 7.84. The van der Waals surface area contributed by atoms with E-state index in [1.165, 1.54) is 25.5 Å². The molecule has 36 heavy (non-hydrogen) atoms. The lowest BCUT2D eigenvalue weighted by Crippen LogP contribution is -2.40. The molecule has 1 N–H and O–H groups in total. The number of nitrogens with zero attached hydrogens (tertiary/aromatic N) is 2. The van der Waals surface area contributed by atoms with Crippen molar-refractivity contribution in [2.24, 2.45) is 5.10 Å². The van der Waals surface area contributed by atoms with E-state index in [1.807, 2.05) is 6.92 Å². The summed E-state index contributed by atoms with van der Waals surface area (Å²) in [7, 11) is -2.75. The number of carbonyl (C=O) groups excluding carboxylic acids is 2. The molecule has 0 atom stereocenters. The largest absolute Gasteiger partial charge is 0.482 e. The summed E-state index contributed by atoms with van der Waals surface area (Å²) in [5.74, 6) is -0.714. The lowest BCUT2D eigenvalue weighted by molar-refractivity contribution is -0.142. The van der Waals surface area contributed by atoms with E-state index in [9.17, 15) is 18.0 Å². The zero-order chi connectivity index (χ0) is 26.1. The normalized spacial score (nSPS) is 11.2. The first-order valence-electron chi connectivity index (χ1n) is 11.0. The third-order valence-corrected chi connectivity index (χ3v) is 6.90. The van der Waals surface area contributed by atoms with Crippen LogP contribution in [0.15, 0.2) is 82.8 Å². The summed E-state index contributed by atoms with van der Waals surface area (Å²) in [6, 6.07) is 20.1. The van der Waals surface area contributed by atoms with E-state index in [0.29, 0.717) is 22.6 Å². The molecule has 10 heteroatoms. The summed E-state index contributed by atoms with van der Waals surface area (Å²) in [6.45, 7) is 2.93. The minimum Gasteiger partial charge on any atom is -0.482 e. The third kappa shape index (κ3) is 6.92. The molecule has 0 aliphatic rings. The van der Waals surface area contributed by atoms with E-state index < -0.39 is 28.4 Å². The van der Waals surface area contributed by atoms with Crippen molar-refractivity contribution in [1.82, 2.24) is 5.43 Å². The van der Waals surface area contributed by atoms with Crippen LogP contribution in [-0.4, -0.2) is 46.8 Å². The van der Waals surface area contributed by atoms with Crippen molar-refractivity contribution in [3.8, 4) is 5.75 Å². The number of methoxy groups -OCH3 is 1. The molecular weight excluding hydrogens is 482 g/mol. The fraction of sp³-hybridized carbons (Fsp3) is 0.192. The fourth-order valence-electron chi connectivity index (χ4n) is 3.21. The second kappa shape index (κ2) is 12.0. The molecule has 0 heterocycles. The Bertz CT molecular complexity index is 1350. The second-order valence-corrected chi connectivity index (χ2v) is 9.70. The minimum atomic E-state index is -4.02. The van der Waals surface area contributed by atoms with Gasteiger partial charge in [-0.2, -0.15) is 5.10 Å². The first-order valence-corrected chi connectivity index (χ1v) is 12.4. The molecule has 0 unspecified atom stereocenters. The zero-order valence-electron chi connectivity index (χ0n) is 20.2. The van der Waals surface area contributed by atoms with Crippen LogP contribution in [0, 0.1) is 13.8 Å². The number of nitrogens with one attached hydrogen (secondary N) is 1. The van der Waals surface area contributed by atoms with Gasteiger partial charge in [0.2, 0.25) is 0 Å². The number of anilines is 1. The standard InChI is InChI=1S/C26H27N3O6S/c1-19-11-13-23(14-12-19)36(32,33)29(24-10-5-4-7-20(24)2)17-25(30)28-27-16-21-8-6-9-22(15-21)35-18-26(31)34-3/h4-16H,17-18H2,1-3H3,(H,28,30)/b27-16+. The van der Waals surface area contributed by atoms with E-state index in [2.05, 4.69) is 15.3 Å². The fourth-order valence-corrected chi connectivity index (χ4v) is 4.70. The SMILES string of the molecule is COC(=O)COc1cccc(/C=N/NC(=O)CN(c2ccccc2C)S(=O)(=O)c2ccc(C)cc2)c1. The Morgan fingerprint density at radius 3 is 2.42 bits per heavy atom. The number of esters is 1. The lowest BCUT2D eigenvalue weighted by Gasteiger charge is -2.25. The molecule has 3 aromatic rings. The predicted molar refractivity (Wildman–Crippen MR) is 137 cm³/mol. The minimum absolute atomic E-state index is 0.0800. The molecule has 0 saturated carbocycles. The number of ether oxygens (including phenoxy) is 2. The molecule has 0 radical (unpaired) electrons. The number of aryl methyl sites for hydroxylation is 2. The monoisotopic (exact) mass is 509 g/mol. The van der Waals surface area contributed by atoms with Crippen molar-refractivity contribution in [2.75, 3.05) is 24.6 Å². The third-order valence-electron chi connectivity index (χ3n) is 5.13. The molecule has 3 rings (SSSR count). The molecule has 0 aromatic heterocycles. The highest BCUT2D eigenvalue weighted by atomic mass is 32.2. The number of carbonyl (C=O) groups is 2. The van der Waals surface area contributed by atoms with Gasteiger partial charge in [0.05, 0.1) is 23.9 Å². The number of hydrazone groups is 1. The molecule has 0 spiro atoms. The lowest BCUT2D eigenvalue weighted by atomic mass is 10.2. The van der Waals surface area contributed by atoms with E-state index in [4.69, 9.17) is 4.74 Å². The Hall–Kier alpha value is -4.18. The maximum Gasteiger partial charge on any atom is 0.343 e. The summed E-state index contributed by atoms with van der Waals surface area (Å²) in [6.07, 6.45) is 1.38. The van der Waals surface area contributed by atoms with Crippen LogP contribution in [0.5, 0.6) is 5.75 Å². The van der Waals surface area contributed by atoms with Crippen LogP contribution >= 0.6 is 0 Å². The van der Waals surface area contributed by atoms with E-state index in [0.717, 1.165) is 9.87 Å². The van der Waals surface area contributed by atoms with Gasteiger partial charge in [0, 0.05) is 0 Å². The Morgan fingerprint density at radius 1 is 1.00 bits per heavy atom. The molecule has 0 aliphatic heterocycles. The van der Waals surface area contributed by atoms with Crippen molar-refractivity contribution in [3.05, 3.63) is 89.5 Å². The van der Waals surface area contributed by atoms with Crippen LogP contribution in [-0.2, 0) is 24.3 Å². The van der Waals surface area contributed by atoms with Gasteiger partial charge in [-0.15, -0.1) is 0 Å². The number of para-hydroxylation sites is 1. The first kappa shape index (κ1) is 26.4. The van der Waals surface area contributed by atoms with Crippen molar-refractivity contribution in [3.63, 3.8) is 0 Å². The highest BCUT2D eigenvalue weighted by molar-refractivity contribution is 7.92. The maximum absolute atomic E-state index is 13.5. The van der Waals surface area contributed by atoms with Gasteiger partial charge >= 0.3 is 5.97 Å². The van der Waals surface area contributed by atoms with Gasteiger partial charge < -0.3 is 9.47 Å². The molecule has 188 valence electrons. The average molecular weight is 510 g/mol. The van der Waals surface area contributed by atoms with Crippen LogP contribution in [0.4, 0.5) is 5.69 Å². The molecule has 9 nitrogen and oxygen atoms in total. The summed E-state index contributed by atoms with van der Waals surface area (Å²) in [5.41, 5.74) is 4.99. The van der Waals surface area contributed by atoms with Gasteiger partial charge in [-0.3, -0.25) is 9.10 Å². The summed E-state index contributed by atoms with van der Waals surface area (Å²) in [5, 5.41) is 3.94. The number of amides is 1. The van der Waals surface area contributed by atoms with Crippen LogP contribution in [0.1, 0.15) is 16.7 Å². The number of hydrogen-bond acceptors (Lipinski definition) is 7. The number of sulfonamides is 1. The van der Waals surface area contributed by atoms with Crippen molar-refractivity contribution < 1.29 is 27.5 Å². The van der Waals surface area contributed by atoms with E-state index in [-0.39, 0.29) is 11.5 Å². The molecule has 0 saturated heterocycles. The molecule has 0 fully saturated rings. The van der Waals surface area contributed by atoms with Gasteiger partial charge in [-0.25, -0.2) is 18.6 Å². The highest BCUT2D eigenvalue weighted by Gasteiger charge is 2.28. The van der Waals surface area contributed by atoms with Crippen LogP contribution in [0.25, 0.3) is 0 Å². The predicted octanol–water partition coefficient (Wildman–Crippen LogP) is 3.20. The quantitative estimate of drug-likeness (QED) is 0.255. The van der Waals surface area contributed by atoms with Crippen molar-refractivity contribution >= 4 is 33.8 Å². The van der Waals surface area contributed by atoms with Gasteiger partial charge in [-0.1, -0.05) is 48.0 Å². The van der Waals surface area contributed by atoms with Gasteiger partial charge in [0.1, 0.15) is 12.3 Å². The zero-order valence-corrected chi connectivity index (χ0v) is 21.0. The smallest absolute Gasteiger partial charge is 0.343 e. The van der Waals surface area contributed by atoms with E-state index >= 15 is 0 Å². The van der Waals surface area contributed by atoms with E-state index in [1.54, 1.807) is 67.6 Å². The van der Waals surface area contributed by atoms with Crippen LogP contribution in [0.3, 0.4) is 0 Å². The summed E-state index contributed by atoms with van der Waals surface area (Å²) in [4.78, 5) is 24.0. The van der Waals surface area contributed by atoms with Crippen molar-refractivity contribution in [2.45, 2.75) is 18.7 Å². The molecule has 1 amide bonds. The average Bonchev–Trinajstić information content (AvgIpc) is 2.87. The topological polar surface area (TPSA) is 114 Å². The summed E-state index contributed by atoms with van der Waals surface area (Å²) >= 11 is 0.